The summed E-state index contributed by atoms with van der Waals surface area (Å²) in [6.07, 6.45) is 4.30. The molecule has 1 aromatic rings. The molecule has 0 spiro atoms. The molecule has 1 fully saturated rings. The summed E-state index contributed by atoms with van der Waals surface area (Å²) in [6, 6.07) is 3.85. The van der Waals surface area contributed by atoms with Gasteiger partial charge in [0.1, 0.15) is 0 Å². The summed E-state index contributed by atoms with van der Waals surface area (Å²) in [5.41, 5.74) is 1.09. The first kappa shape index (κ1) is 14.6. The van der Waals surface area contributed by atoms with Crippen molar-refractivity contribution in [2.45, 2.75) is 25.5 Å². The number of methoxy groups -OCH3 is 1. The van der Waals surface area contributed by atoms with E-state index in [1.54, 1.807) is 20.4 Å². The van der Waals surface area contributed by atoms with E-state index < -0.39 is 0 Å². The fraction of sp³-hybridized carbons (Fsp3) is 0.571. The van der Waals surface area contributed by atoms with Crippen molar-refractivity contribution >= 4 is 5.96 Å². The zero-order valence-corrected chi connectivity index (χ0v) is 12.1. The average molecular weight is 278 g/mol. The van der Waals surface area contributed by atoms with Crippen LogP contribution in [0.4, 0.5) is 0 Å². The van der Waals surface area contributed by atoms with Crippen LogP contribution in [0.5, 0.6) is 5.88 Å². The van der Waals surface area contributed by atoms with Gasteiger partial charge >= 0.3 is 0 Å². The third-order valence-corrected chi connectivity index (χ3v) is 3.21. The van der Waals surface area contributed by atoms with Gasteiger partial charge in [0.05, 0.1) is 13.2 Å². The smallest absolute Gasteiger partial charge is 0.213 e. The third-order valence-electron chi connectivity index (χ3n) is 3.21. The summed E-state index contributed by atoms with van der Waals surface area (Å²) in [6.45, 7) is 2.33. The molecule has 20 heavy (non-hydrogen) atoms. The quantitative estimate of drug-likeness (QED) is 0.619. The van der Waals surface area contributed by atoms with Gasteiger partial charge in [-0.15, -0.1) is 0 Å². The molecule has 1 aromatic heterocycles. The van der Waals surface area contributed by atoms with Crippen molar-refractivity contribution < 1.29 is 9.47 Å². The van der Waals surface area contributed by atoms with Gasteiger partial charge in [-0.25, -0.2) is 4.98 Å². The van der Waals surface area contributed by atoms with Crippen LogP contribution in [0, 0.1) is 0 Å². The van der Waals surface area contributed by atoms with Crippen molar-refractivity contribution in [3.8, 4) is 5.88 Å². The lowest BCUT2D eigenvalue weighted by Crippen LogP contribution is -2.40. The SMILES string of the molecule is CN=C(NCc1ccnc(OC)c1)NCC1CCCO1. The first-order valence-corrected chi connectivity index (χ1v) is 6.87. The monoisotopic (exact) mass is 278 g/mol. The van der Waals surface area contributed by atoms with Crippen LogP contribution in [0.1, 0.15) is 18.4 Å². The van der Waals surface area contributed by atoms with E-state index >= 15 is 0 Å². The van der Waals surface area contributed by atoms with E-state index in [9.17, 15) is 0 Å². The fourth-order valence-electron chi connectivity index (χ4n) is 2.09. The number of guanidine groups is 1. The van der Waals surface area contributed by atoms with Gasteiger partial charge in [-0.2, -0.15) is 0 Å². The zero-order chi connectivity index (χ0) is 14.2. The first-order valence-electron chi connectivity index (χ1n) is 6.87. The van der Waals surface area contributed by atoms with Gasteiger partial charge in [0.15, 0.2) is 5.96 Å². The number of nitrogens with one attached hydrogen (secondary N) is 2. The fourth-order valence-corrected chi connectivity index (χ4v) is 2.09. The van der Waals surface area contributed by atoms with Crippen LogP contribution in [-0.2, 0) is 11.3 Å². The maximum Gasteiger partial charge on any atom is 0.213 e. The van der Waals surface area contributed by atoms with Crippen molar-refractivity contribution in [2.24, 2.45) is 4.99 Å². The highest BCUT2D eigenvalue weighted by Gasteiger charge is 2.15. The Bertz CT molecular complexity index is 445. The largest absolute Gasteiger partial charge is 0.481 e. The van der Waals surface area contributed by atoms with Crippen LogP contribution in [0.15, 0.2) is 23.3 Å². The summed E-state index contributed by atoms with van der Waals surface area (Å²) in [5.74, 6) is 1.39. The maximum absolute atomic E-state index is 5.57. The Morgan fingerprint density at radius 1 is 1.55 bits per heavy atom. The summed E-state index contributed by atoms with van der Waals surface area (Å²) in [4.78, 5) is 8.28. The minimum Gasteiger partial charge on any atom is -0.481 e. The summed E-state index contributed by atoms with van der Waals surface area (Å²) < 4.78 is 10.7. The van der Waals surface area contributed by atoms with E-state index in [0.29, 0.717) is 18.5 Å². The molecule has 2 N–H and O–H groups in total. The molecule has 0 bridgehead atoms. The molecule has 110 valence electrons. The van der Waals surface area contributed by atoms with Crippen molar-refractivity contribution in [3.05, 3.63) is 23.9 Å². The highest BCUT2D eigenvalue weighted by molar-refractivity contribution is 5.79. The van der Waals surface area contributed by atoms with Gasteiger partial charge in [0, 0.05) is 39.0 Å². The number of hydrogen-bond donors (Lipinski definition) is 2. The minimum absolute atomic E-state index is 0.301. The Morgan fingerprint density at radius 2 is 2.45 bits per heavy atom. The lowest BCUT2D eigenvalue weighted by molar-refractivity contribution is 0.114. The van der Waals surface area contributed by atoms with E-state index in [1.165, 1.54) is 0 Å². The Balaban J connectivity index is 1.77. The lowest BCUT2D eigenvalue weighted by atomic mass is 10.2. The number of aromatic nitrogens is 1. The number of hydrogen-bond acceptors (Lipinski definition) is 4. The first-order chi connectivity index (χ1) is 9.81. The number of pyridine rings is 1. The van der Waals surface area contributed by atoms with Crippen molar-refractivity contribution in [2.75, 3.05) is 27.3 Å². The zero-order valence-electron chi connectivity index (χ0n) is 12.1. The molecule has 6 heteroatoms. The van der Waals surface area contributed by atoms with Gasteiger partial charge in [-0.05, 0) is 24.5 Å². The molecular formula is C14H22N4O2. The second kappa shape index (κ2) is 7.69. The van der Waals surface area contributed by atoms with E-state index in [-0.39, 0.29) is 0 Å². The van der Waals surface area contributed by atoms with Crippen LogP contribution in [0.3, 0.4) is 0 Å². The van der Waals surface area contributed by atoms with Gasteiger partial charge in [0.2, 0.25) is 5.88 Å². The van der Waals surface area contributed by atoms with Crippen molar-refractivity contribution in [1.82, 2.24) is 15.6 Å². The molecule has 0 aliphatic carbocycles. The van der Waals surface area contributed by atoms with Crippen LogP contribution in [0.2, 0.25) is 0 Å². The molecule has 1 unspecified atom stereocenters. The topological polar surface area (TPSA) is 67.8 Å². The molecule has 1 aliphatic heterocycles. The maximum atomic E-state index is 5.57. The van der Waals surface area contributed by atoms with Crippen LogP contribution < -0.4 is 15.4 Å². The molecule has 1 aliphatic rings. The Labute approximate surface area is 119 Å². The van der Waals surface area contributed by atoms with Gasteiger partial charge in [-0.3, -0.25) is 4.99 Å². The molecule has 0 radical (unpaired) electrons. The molecule has 0 amide bonds. The van der Waals surface area contributed by atoms with E-state index in [2.05, 4.69) is 20.6 Å². The second-order valence-electron chi connectivity index (χ2n) is 4.65. The minimum atomic E-state index is 0.301. The van der Waals surface area contributed by atoms with E-state index in [0.717, 1.165) is 37.5 Å². The van der Waals surface area contributed by atoms with Gasteiger partial charge in [0.25, 0.3) is 0 Å². The lowest BCUT2D eigenvalue weighted by Gasteiger charge is -2.15. The highest BCUT2D eigenvalue weighted by Crippen LogP contribution is 2.10. The Hall–Kier alpha value is -1.82. The normalized spacial score (nSPS) is 18.9. The van der Waals surface area contributed by atoms with Crippen molar-refractivity contribution in [3.63, 3.8) is 0 Å². The molecular weight excluding hydrogens is 256 g/mol. The molecule has 0 saturated carbocycles. The van der Waals surface area contributed by atoms with Crippen LogP contribution >= 0.6 is 0 Å². The van der Waals surface area contributed by atoms with Gasteiger partial charge < -0.3 is 20.1 Å². The summed E-state index contributed by atoms with van der Waals surface area (Å²) >= 11 is 0. The molecule has 1 atom stereocenters. The molecule has 2 rings (SSSR count). The third kappa shape index (κ3) is 4.38. The molecule has 2 heterocycles. The van der Waals surface area contributed by atoms with Gasteiger partial charge in [-0.1, -0.05) is 0 Å². The van der Waals surface area contributed by atoms with Crippen LogP contribution in [-0.4, -0.2) is 44.4 Å². The summed E-state index contributed by atoms with van der Waals surface area (Å²) in [5, 5.41) is 6.54. The predicted octanol–water partition coefficient (Wildman–Crippen LogP) is 0.934. The Morgan fingerprint density at radius 3 is 3.15 bits per heavy atom. The number of aliphatic imine (C=N–C) groups is 1. The molecule has 6 nitrogen and oxygen atoms in total. The standard InChI is InChI=1S/C14H22N4O2/c1-15-14(18-10-12-4-3-7-20-12)17-9-11-5-6-16-13(8-11)19-2/h5-6,8,12H,3-4,7,9-10H2,1-2H3,(H2,15,17,18). The number of rotatable bonds is 5. The predicted molar refractivity (Wildman–Crippen MR) is 78.0 cm³/mol. The van der Waals surface area contributed by atoms with Crippen LogP contribution in [0.25, 0.3) is 0 Å². The molecule has 1 saturated heterocycles. The highest BCUT2D eigenvalue weighted by atomic mass is 16.5. The summed E-state index contributed by atoms with van der Waals surface area (Å²) in [7, 11) is 3.37. The molecule has 0 aromatic carbocycles. The average Bonchev–Trinajstić information content (AvgIpc) is 3.01. The number of nitrogens with zero attached hydrogens (tertiary/aromatic N) is 2. The second-order valence-corrected chi connectivity index (χ2v) is 4.65. The van der Waals surface area contributed by atoms with E-state index in [4.69, 9.17) is 9.47 Å². The van der Waals surface area contributed by atoms with Crippen molar-refractivity contribution in [1.29, 1.82) is 0 Å². The Kier molecular flexibility index (Phi) is 5.61. The number of ether oxygens (including phenoxy) is 2. The van der Waals surface area contributed by atoms with E-state index in [1.807, 2.05) is 12.1 Å².